The van der Waals surface area contributed by atoms with Crippen LogP contribution in [0.5, 0.6) is 0 Å². The summed E-state index contributed by atoms with van der Waals surface area (Å²) in [5, 5.41) is 23.0. The molecule has 0 radical (unpaired) electrons. The Labute approximate surface area is 174 Å². The third kappa shape index (κ3) is 2.02. The first-order chi connectivity index (χ1) is 14.3. The van der Waals surface area contributed by atoms with E-state index in [4.69, 9.17) is 23.4 Å². The minimum atomic E-state index is -1.75. The molecule has 164 valence electrons. The van der Waals surface area contributed by atoms with Crippen LogP contribution in [0.1, 0.15) is 51.2 Å². The molecular weight excluding hydrogens is 392 g/mol. The number of carbonyl (C=O) groups is 1. The third-order valence-electron chi connectivity index (χ3n) is 8.99. The molecule has 3 aliphatic heterocycles. The maximum atomic E-state index is 12.1. The molecular formula is C22H28O8. The van der Waals surface area contributed by atoms with Crippen molar-refractivity contribution < 1.29 is 38.4 Å². The molecule has 2 saturated carbocycles. The van der Waals surface area contributed by atoms with Crippen LogP contribution in [0.15, 0.2) is 23.0 Å². The van der Waals surface area contributed by atoms with E-state index in [-0.39, 0.29) is 18.6 Å². The van der Waals surface area contributed by atoms with Crippen molar-refractivity contribution in [3.63, 3.8) is 0 Å². The molecule has 2 N–H and O–H groups in total. The molecule has 3 saturated heterocycles. The number of epoxide rings is 1. The van der Waals surface area contributed by atoms with E-state index in [9.17, 15) is 15.0 Å². The van der Waals surface area contributed by atoms with Crippen molar-refractivity contribution >= 4 is 5.97 Å². The normalized spacial score (nSPS) is 53.8. The average molecular weight is 420 g/mol. The van der Waals surface area contributed by atoms with Gasteiger partial charge in [0.05, 0.1) is 37.3 Å². The van der Waals surface area contributed by atoms with E-state index >= 15 is 0 Å². The first-order valence-electron chi connectivity index (χ1n) is 10.8. The summed E-state index contributed by atoms with van der Waals surface area (Å²) in [6.45, 7) is 4.02. The SMILES string of the molecule is CC(=O)OC1OC(c2ccoc2)CC12C(C)C1(O)OCC3(C1O)C2CCCC31CO1. The number of rotatable bonds is 2. The maximum absolute atomic E-state index is 12.1. The molecule has 8 heteroatoms. The Balaban J connectivity index is 1.53. The van der Waals surface area contributed by atoms with Crippen LogP contribution < -0.4 is 0 Å². The van der Waals surface area contributed by atoms with Gasteiger partial charge in [-0.25, -0.2) is 0 Å². The van der Waals surface area contributed by atoms with Crippen molar-refractivity contribution in [2.75, 3.05) is 13.2 Å². The first kappa shape index (κ1) is 19.3. The summed E-state index contributed by atoms with van der Waals surface area (Å²) in [6, 6.07) is 1.85. The lowest BCUT2D eigenvalue weighted by atomic mass is 9.42. The molecule has 2 aliphatic carbocycles. The highest BCUT2D eigenvalue weighted by atomic mass is 16.7. The standard InChI is InChI=1S/C22H28O8/c1-12-20(8-15(14-5-7-26-9-14)30-18(20)29-13(2)23)16-4-3-6-19(10-27-19)21(16)11-28-22(12,25)17(21)24/h5,7,9,12,15-18,24-25H,3-4,6,8,10-11H2,1-2H3. The Hall–Kier alpha value is -1.45. The van der Waals surface area contributed by atoms with Gasteiger partial charge < -0.3 is 33.6 Å². The van der Waals surface area contributed by atoms with E-state index in [2.05, 4.69) is 0 Å². The van der Waals surface area contributed by atoms with Crippen molar-refractivity contribution in [2.24, 2.45) is 22.7 Å². The van der Waals surface area contributed by atoms with Crippen LogP contribution in [0, 0.1) is 22.7 Å². The highest BCUT2D eigenvalue weighted by Gasteiger charge is 2.85. The molecule has 0 aromatic carbocycles. The Morgan fingerprint density at radius 2 is 2.10 bits per heavy atom. The number of ether oxygens (including phenoxy) is 4. The Bertz CT molecular complexity index is 864. The number of aliphatic hydroxyl groups is 2. The quantitative estimate of drug-likeness (QED) is 0.551. The number of hydrogen-bond donors (Lipinski definition) is 2. The van der Waals surface area contributed by atoms with E-state index in [1.54, 1.807) is 12.5 Å². The fourth-order valence-corrected chi connectivity index (χ4v) is 7.50. The zero-order valence-electron chi connectivity index (χ0n) is 17.2. The molecule has 5 aliphatic rings. The average Bonchev–Trinajstić information content (AvgIpc) is 3.07. The summed E-state index contributed by atoms with van der Waals surface area (Å²) >= 11 is 0. The molecule has 5 fully saturated rings. The van der Waals surface area contributed by atoms with E-state index in [1.165, 1.54) is 6.92 Å². The Morgan fingerprint density at radius 1 is 1.30 bits per heavy atom. The molecule has 30 heavy (non-hydrogen) atoms. The number of hydrogen-bond acceptors (Lipinski definition) is 8. The van der Waals surface area contributed by atoms with Crippen LogP contribution in [-0.2, 0) is 23.7 Å². The Kier molecular flexibility index (Phi) is 3.76. The molecule has 1 aromatic heterocycles. The van der Waals surface area contributed by atoms with Gasteiger partial charge in [0.2, 0.25) is 6.29 Å². The van der Waals surface area contributed by atoms with Gasteiger partial charge in [0.25, 0.3) is 0 Å². The molecule has 8 nitrogen and oxygen atoms in total. The second-order valence-corrected chi connectivity index (χ2v) is 9.87. The Morgan fingerprint density at radius 3 is 2.77 bits per heavy atom. The molecule has 6 rings (SSSR count). The van der Waals surface area contributed by atoms with Crippen molar-refractivity contribution in [1.82, 2.24) is 0 Å². The van der Waals surface area contributed by atoms with Crippen LogP contribution in [0.3, 0.4) is 0 Å². The second-order valence-electron chi connectivity index (χ2n) is 9.87. The summed E-state index contributed by atoms with van der Waals surface area (Å²) in [7, 11) is 0. The van der Waals surface area contributed by atoms with Crippen molar-refractivity contribution in [2.45, 2.75) is 69.4 Å². The van der Waals surface area contributed by atoms with Gasteiger partial charge in [0.1, 0.15) is 11.7 Å². The topological polar surface area (TPSA) is 111 Å². The predicted molar refractivity (Wildman–Crippen MR) is 99.7 cm³/mol. The van der Waals surface area contributed by atoms with Gasteiger partial charge >= 0.3 is 5.97 Å². The lowest BCUT2D eigenvalue weighted by molar-refractivity contribution is -0.326. The number of furan rings is 1. The number of carbonyl (C=O) groups excluding carboxylic acids is 1. The van der Waals surface area contributed by atoms with E-state index < -0.39 is 46.5 Å². The molecule has 9 atom stereocenters. The fraction of sp³-hybridized carbons (Fsp3) is 0.773. The van der Waals surface area contributed by atoms with Crippen LogP contribution in [0.2, 0.25) is 0 Å². The zero-order chi connectivity index (χ0) is 20.9. The van der Waals surface area contributed by atoms with Crippen molar-refractivity contribution in [1.29, 1.82) is 0 Å². The summed E-state index contributed by atoms with van der Waals surface area (Å²) in [6.07, 6.45) is 4.09. The van der Waals surface area contributed by atoms with Gasteiger partial charge in [-0.3, -0.25) is 4.79 Å². The van der Waals surface area contributed by atoms with Gasteiger partial charge in [-0.1, -0.05) is 13.3 Å². The number of esters is 1. The highest BCUT2D eigenvalue weighted by molar-refractivity contribution is 5.66. The van der Waals surface area contributed by atoms with Crippen LogP contribution in [0.4, 0.5) is 0 Å². The van der Waals surface area contributed by atoms with Gasteiger partial charge in [0.15, 0.2) is 5.79 Å². The van der Waals surface area contributed by atoms with E-state index in [0.717, 1.165) is 24.8 Å². The maximum Gasteiger partial charge on any atom is 0.304 e. The van der Waals surface area contributed by atoms with E-state index in [0.29, 0.717) is 13.0 Å². The van der Waals surface area contributed by atoms with Crippen LogP contribution >= 0.6 is 0 Å². The van der Waals surface area contributed by atoms with Crippen molar-refractivity contribution in [3.8, 4) is 0 Å². The smallest absolute Gasteiger partial charge is 0.304 e. The lowest BCUT2D eigenvalue weighted by Crippen LogP contribution is -2.72. The highest BCUT2D eigenvalue weighted by Crippen LogP contribution is 2.76. The molecule has 2 bridgehead atoms. The lowest BCUT2D eigenvalue weighted by Gasteiger charge is -2.62. The minimum absolute atomic E-state index is 0.0877. The molecule has 1 aromatic rings. The van der Waals surface area contributed by atoms with Gasteiger partial charge in [-0.05, 0) is 31.2 Å². The summed E-state index contributed by atoms with van der Waals surface area (Å²) in [5.41, 5.74) is -1.11. The van der Waals surface area contributed by atoms with Crippen molar-refractivity contribution in [3.05, 3.63) is 24.2 Å². The molecule has 4 heterocycles. The van der Waals surface area contributed by atoms with Gasteiger partial charge in [0, 0.05) is 23.8 Å². The summed E-state index contributed by atoms with van der Waals surface area (Å²) in [4.78, 5) is 12.1. The minimum Gasteiger partial charge on any atom is -0.472 e. The fourth-order valence-electron chi connectivity index (χ4n) is 7.50. The predicted octanol–water partition coefficient (Wildman–Crippen LogP) is 1.90. The second kappa shape index (κ2) is 5.86. The van der Waals surface area contributed by atoms with E-state index in [1.807, 2.05) is 13.0 Å². The van der Waals surface area contributed by atoms with Crippen LogP contribution in [-0.4, -0.2) is 53.2 Å². The molecule has 9 unspecified atom stereocenters. The first-order valence-corrected chi connectivity index (χ1v) is 10.8. The zero-order valence-corrected chi connectivity index (χ0v) is 17.2. The summed E-state index contributed by atoms with van der Waals surface area (Å²) in [5.74, 6) is -2.79. The number of fused-ring (bicyclic) bond motifs is 2. The monoisotopic (exact) mass is 420 g/mol. The largest absolute Gasteiger partial charge is 0.472 e. The third-order valence-corrected chi connectivity index (χ3v) is 8.99. The van der Waals surface area contributed by atoms with Crippen LogP contribution in [0.25, 0.3) is 0 Å². The molecule has 3 spiro atoms. The summed E-state index contributed by atoms with van der Waals surface area (Å²) < 4.78 is 29.3. The molecule has 0 amide bonds. The number of aliphatic hydroxyl groups excluding tert-OH is 1. The van der Waals surface area contributed by atoms with Gasteiger partial charge in [-0.2, -0.15) is 0 Å². The van der Waals surface area contributed by atoms with Gasteiger partial charge in [-0.15, -0.1) is 0 Å².